The summed E-state index contributed by atoms with van der Waals surface area (Å²) in [7, 11) is 0. The maximum atomic E-state index is 13.1. The Morgan fingerprint density at radius 3 is 2.08 bits per heavy atom. The predicted octanol–water partition coefficient (Wildman–Crippen LogP) is 3.48. The Morgan fingerprint density at radius 2 is 1.54 bits per heavy atom. The summed E-state index contributed by atoms with van der Waals surface area (Å²) in [5.41, 5.74) is -4.32. The summed E-state index contributed by atoms with van der Waals surface area (Å²) >= 11 is 0. The highest BCUT2D eigenvalue weighted by Gasteiger charge is 2.36. The number of amides is 1. The number of rotatable bonds is 4. The van der Waals surface area contributed by atoms with Gasteiger partial charge >= 0.3 is 6.18 Å². The number of benzene rings is 2. The van der Waals surface area contributed by atoms with Crippen molar-refractivity contribution in [3.8, 4) is 5.75 Å². The summed E-state index contributed by atoms with van der Waals surface area (Å²) in [5, 5.41) is 32.8. The minimum Gasteiger partial charge on any atom is -0.507 e. The first-order valence-corrected chi connectivity index (χ1v) is 6.65. The smallest absolute Gasteiger partial charge is 0.418 e. The molecule has 2 aromatic rings. The Kier molecular flexibility index (Phi) is 4.77. The number of aromatic hydroxyl groups is 1. The van der Waals surface area contributed by atoms with Crippen molar-refractivity contribution in [1.82, 2.24) is 0 Å². The fourth-order valence-electron chi connectivity index (χ4n) is 2.00. The minimum absolute atomic E-state index is 0.239. The van der Waals surface area contributed by atoms with Crippen molar-refractivity contribution >= 4 is 23.0 Å². The molecule has 2 rings (SSSR count). The molecule has 26 heavy (non-hydrogen) atoms. The normalized spacial score (nSPS) is 11.0. The summed E-state index contributed by atoms with van der Waals surface area (Å²) in [5.74, 6) is -1.95. The van der Waals surface area contributed by atoms with Crippen LogP contribution in [0.2, 0.25) is 0 Å². The molecule has 0 bridgehead atoms. The van der Waals surface area contributed by atoms with Crippen molar-refractivity contribution < 1.29 is 32.9 Å². The van der Waals surface area contributed by atoms with Crippen LogP contribution in [-0.4, -0.2) is 20.9 Å². The second-order valence-electron chi connectivity index (χ2n) is 4.90. The molecule has 2 N–H and O–H groups in total. The molecule has 0 aliphatic heterocycles. The predicted molar refractivity (Wildman–Crippen MR) is 80.8 cm³/mol. The number of nitro groups is 2. The second-order valence-corrected chi connectivity index (χ2v) is 4.90. The van der Waals surface area contributed by atoms with Gasteiger partial charge in [0.1, 0.15) is 5.75 Å². The lowest BCUT2D eigenvalue weighted by molar-refractivity contribution is -0.385. The number of nitro benzene ring substituents is 2. The minimum atomic E-state index is -5.01. The lowest BCUT2D eigenvalue weighted by atomic mass is 10.1. The molecule has 0 aromatic heterocycles. The third-order valence-corrected chi connectivity index (χ3v) is 3.20. The van der Waals surface area contributed by atoms with Crippen LogP contribution in [-0.2, 0) is 6.18 Å². The van der Waals surface area contributed by atoms with Crippen molar-refractivity contribution in [3.63, 3.8) is 0 Å². The van der Waals surface area contributed by atoms with Crippen molar-refractivity contribution in [2.24, 2.45) is 0 Å². The molecule has 0 saturated heterocycles. The number of phenols is 1. The first-order valence-electron chi connectivity index (χ1n) is 6.65. The number of carbonyl (C=O) groups excluding carboxylic acids is 1. The zero-order valence-corrected chi connectivity index (χ0v) is 12.5. The maximum Gasteiger partial charge on any atom is 0.418 e. The van der Waals surface area contributed by atoms with E-state index in [1.54, 1.807) is 0 Å². The number of alkyl halides is 3. The van der Waals surface area contributed by atoms with Gasteiger partial charge in [-0.3, -0.25) is 25.0 Å². The highest BCUT2D eigenvalue weighted by atomic mass is 19.4. The van der Waals surface area contributed by atoms with E-state index in [2.05, 4.69) is 0 Å². The van der Waals surface area contributed by atoms with Gasteiger partial charge in [0.2, 0.25) is 0 Å². The topological polar surface area (TPSA) is 136 Å². The summed E-state index contributed by atoms with van der Waals surface area (Å²) in [6, 6.07) is 4.09. The number of non-ortho nitro benzene ring substituents is 2. The molecule has 0 radical (unpaired) electrons. The van der Waals surface area contributed by atoms with Gasteiger partial charge in [0.15, 0.2) is 0 Å². The summed E-state index contributed by atoms with van der Waals surface area (Å²) < 4.78 is 39.2. The maximum absolute atomic E-state index is 13.1. The van der Waals surface area contributed by atoms with Gasteiger partial charge in [-0.15, -0.1) is 0 Å². The lowest BCUT2D eigenvalue weighted by Gasteiger charge is -2.14. The van der Waals surface area contributed by atoms with E-state index in [9.17, 15) is 43.3 Å². The van der Waals surface area contributed by atoms with Gasteiger partial charge < -0.3 is 10.4 Å². The average Bonchev–Trinajstić information content (AvgIpc) is 2.53. The van der Waals surface area contributed by atoms with Crippen LogP contribution in [0, 0.1) is 20.2 Å². The number of carbonyl (C=O) groups is 1. The third kappa shape index (κ3) is 3.85. The first-order chi connectivity index (χ1) is 12.0. The average molecular weight is 371 g/mol. The largest absolute Gasteiger partial charge is 0.507 e. The SMILES string of the molecule is O=C(Nc1ccc([N+](=O)[O-])cc1C(F)(F)F)c1cc([N+](=O)[O-])ccc1O. The Morgan fingerprint density at radius 1 is 1.00 bits per heavy atom. The van der Waals surface area contributed by atoms with Crippen molar-refractivity contribution in [2.45, 2.75) is 6.18 Å². The van der Waals surface area contributed by atoms with Gasteiger partial charge in [-0.2, -0.15) is 13.2 Å². The van der Waals surface area contributed by atoms with Crippen LogP contribution < -0.4 is 5.32 Å². The molecule has 0 atom stereocenters. The molecular formula is C14H8F3N3O6. The van der Waals surface area contributed by atoms with Crippen LogP contribution in [0.25, 0.3) is 0 Å². The molecule has 136 valence electrons. The molecule has 0 fully saturated rings. The summed E-state index contributed by atoms with van der Waals surface area (Å²) in [6.45, 7) is 0. The van der Waals surface area contributed by atoms with Gasteiger partial charge in [0.05, 0.1) is 26.7 Å². The van der Waals surface area contributed by atoms with Gasteiger partial charge in [0, 0.05) is 24.3 Å². The van der Waals surface area contributed by atoms with E-state index in [1.165, 1.54) is 0 Å². The molecule has 0 saturated carbocycles. The van der Waals surface area contributed by atoms with Crippen LogP contribution >= 0.6 is 0 Å². The number of nitrogens with zero attached hydrogens (tertiary/aromatic N) is 2. The molecule has 1 amide bonds. The van der Waals surface area contributed by atoms with E-state index in [0.29, 0.717) is 12.1 Å². The molecule has 0 aliphatic carbocycles. The number of halogens is 3. The molecule has 0 spiro atoms. The molecule has 12 heteroatoms. The van der Waals surface area contributed by atoms with Crippen LogP contribution in [0.3, 0.4) is 0 Å². The lowest BCUT2D eigenvalue weighted by Crippen LogP contribution is -2.17. The fourth-order valence-corrected chi connectivity index (χ4v) is 2.00. The Balaban J connectivity index is 2.45. The van der Waals surface area contributed by atoms with E-state index in [-0.39, 0.29) is 6.07 Å². The molecule has 0 unspecified atom stereocenters. The summed E-state index contributed by atoms with van der Waals surface area (Å²) in [6.07, 6.45) is -5.01. The zero-order valence-electron chi connectivity index (χ0n) is 12.5. The quantitative estimate of drug-likeness (QED) is 0.624. The van der Waals surface area contributed by atoms with Crippen molar-refractivity contribution in [2.75, 3.05) is 5.32 Å². The number of anilines is 1. The van der Waals surface area contributed by atoms with Crippen LogP contribution in [0.4, 0.5) is 30.2 Å². The molecular weight excluding hydrogens is 363 g/mol. The van der Waals surface area contributed by atoms with E-state index in [1.807, 2.05) is 5.32 Å². The number of hydrogen-bond donors (Lipinski definition) is 2. The van der Waals surface area contributed by atoms with E-state index < -0.39 is 55.9 Å². The van der Waals surface area contributed by atoms with Crippen LogP contribution in [0.1, 0.15) is 15.9 Å². The van der Waals surface area contributed by atoms with E-state index >= 15 is 0 Å². The highest BCUT2D eigenvalue weighted by Crippen LogP contribution is 2.37. The molecule has 2 aromatic carbocycles. The molecule has 0 heterocycles. The Hall–Kier alpha value is -3.70. The van der Waals surface area contributed by atoms with Crippen molar-refractivity contribution in [1.29, 1.82) is 0 Å². The highest BCUT2D eigenvalue weighted by molar-refractivity contribution is 6.07. The molecule has 9 nitrogen and oxygen atoms in total. The Bertz CT molecular complexity index is 913. The number of nitrogens with one attached hydrogen (secondary N) is 1. The van der Waals surface area contributed by atoms with Crippen LogP contribution in [0.5, 0.6) is 5.75 Å². The second kappa shape index (κ2) is 6.66. The first kappa shape index (κ1) is 18.6. The standard InChI is InChI=1S/C14H8F3N3O6/c15-14(16,17)10-6-8(20(25)26)1-3-11(10)18-13(22)9-5-7(19(23)24)2-4-12(9)21/h1-6,21H,(H,18,22). The summed E-state index contributed by atoms with van der Waals surface area (Å²) in [4.78, 5) is 31.6. The van der Waals surface area contributed by atoms with E-state index in [0.717, 1.165) is 18.2 Å². The van der Waals surface area contributed by atoms with Crippen LogP contribution in [0.15, 0.2) is 36.4 Å². The van der Waals surface area contributed by atoms with Crippen molar-refractivity contribution in [3.05, 3.63) is 67.8 Å². The van der Waals surface area contributed by atoms with E-state index in [4.69, 9.17) is 0 Å². The number of hydrogen-bond acceptors (Lipinski definition) is 6. The zero-order chi connectivity index (χ0) is 19.6. The van der Waals surface area contributed by atoms with Gasteiger partial charge in [-0.05, 0) is 12.1 Å². The fraction of sp³-hybridized carbons (Fsp3) is 0.0714. The Labute approximate surface area is 142 Å². The number of phenolic OH excluding ortho intramolecular Hbond substituents is 1. The third-order valence-electron chi connectivity index (χ3n) is 3.20. The molecule has 0 aliphatic rings. The van der Waals surface area contributed by atoms with Gasteiger partial charge in [-0.1, -0.05) is 0 Å². The monoisotopic (exact) mass is 371 g/mol. The van der Waals surface area contributed by atoms with Gasteiger partial charge in [-0.25, -0.2) is 0 Å². The van der Waals surface area contributed by atoms with Gasteiger partial charge in [0.25, 0.3) is 17.3 Å².